The van der Waals surface area contributed by atoms with Gasteiger partial charge in [-0.25, -0.2) is 4.79 Å². The molecule has 0 fully saturated rings. The van der Waals surface area contributed by atoms with Crippen molar-refractivity contribution in [1.29, 1.82) is 0 Å². The second-order valence-corrected chi connectivity index (χ2v) is 3.95. The predicted octanol–water partition coefficient (Wildman–Crippen LogP) is 0.785. The van der Waals surface area contributed by atoms with Crippen LogP contribution in [0.15, 0.2) is 0 Å². The molecule has 0 saturated carbocycles. The molecule has 1 amide bonds. The monoisotopic (exact) mass is 225 g/mol. The van der Waals surface area contributed by atoms with Crippen LogP contribution in [0.1, 0.15) is 27.7 Å². The summed E-state index contributed by atoms with van der Waals surface area (Å²) in [7, 11) is 0. The molecule has 0 aliphatic rings. The second-order valence-electron chi connectivity index (χ2n) is 3.95. The molecule has 0 rings (SSSR count). The molecule has 0 aliphatic heterocycles. The highest BCUT2D eigenvalue weighted by Gasteiger charge is 2.15. The van der Waals surface area contributed by atoms with Crippen LogP contribution in [0.5, 0.6) is 0 Å². The minimum absolute atomic E-state index is 0. The Labute approximate surface area is 91.1 Å². The number of ether oxygens (including phenoxy) is 1. The molecule has 0 saturated heterocycles. The number of amides is 1. The Morgan fingerprint density at radius 3 is 2.36 bits per heavy atom. The number of alkyl carbamates (subject to hydrolysis) is 1. The van der Waals surface area contributed by atoms with Crippen molar-refractivity contribution in [2.45, 2.75) is 39.3 Å². The third-order valence-corrected chi connectivity index (χ3v) is 1.24. The number of hydrogen-bond acceptors (Lipinski definition) is 4. The lowest BCUT2D eigenvalue weighted by molar-refractivity contribution is 0.0523. The van der Waals surface area contributed by atoms with Crippen LogP contribution in [0, 0.1) is 0 Å². The molecule has 0 spiro atoms. The van der Waals surface area contributed by atoms with Gasteiger partial charge in [0.05, 0.1) is 0 Å². The number of halogens is 1. The van der Waals surface area contributed by atoms with E-state index in [1.807, 2.05) is 27.7 Å². The van der Waals surface area contributed by atoms with Crippen LogP contribution in [0.4, 0.5) is 4.79 Å². The van der Waals surface area contributed by atoms with E-state index in [2.05, 4.69) is 10.7 Å². The number of nitrogens with two attached hydrogens (primary N) is 1. The number of hydrazine groups is 1. The maximum atomic E-state index is 11.1. The summed E-state index contributed by atoms with van der Waals surface area (Å²) in [5.41, 5.74) is 2.06. The van der Waals surface area contributed by atoms with Crippen LogP contribution in [-0.2, 0) is 4.74 Å². The summed E-state index contributed by atoms with van der Waals surface area (Å²) >= 11 is 0. The molecule has 6 heteroatoms. The number of carbonyl (C=O) groups is 1. The van der Waals surface area contributed by atoms with Gasteiger partial charge in [-0.15, -0.1) is 12.4 Å². The lowest BCUT2D eigenvalue weighted by atomic mass is 10.2. The molecule has 0 aliphatic carbocycles. The zero-order chi connectivity index (χ0) is 10.5. The molecule has 86 valence electrons. The molecule has 0 radical (unpaired) electrons. The average molecular weight is 226 g/mol. The van der Waals surface area contributed by atoms with Crippen molar-refractivity contribution >= 4 is 18.5 Å². The minimum atomic E-state index is -0.455. The van der Waals surface area contributed by atoms with Crippen molar-refractivity contribution in [2.75, 3.05) is 6.54 Å². The lowest BCUT2D eigenvalue weighted by Gasteiger charge is -2.20. The van der Waals surface area contributed by atoms with Crippen LogP contribution < -0.4 is 16.6 Å². The van der Waals surface area contributed by atoms with E-state index in [-0.39, 0.29) is 18.4 Å². The van der Waals surface area contributed by atoms with Gasteiger partial charge in [-0.05, 0) is 27.7 Å². The highest BCUT2D eigenvalue weighted by Crippen LogP contribution is 2.06. The molecule has 14 heavy (non-hydrogen) atoms. The first-order valence-corrected chi connectivity index (χ1v) is 4.28. The lowest BCUT2D eigenvalue weighted by Crippen LogP contribution is -2.43. The van der Waals surface area contributed by atoms with Gasteiger partial charge in [-0.2, -0.15) is 0 Å². The molecule has 1 atom stereocenters. The van der Waals surface area contributed by atoms with Crippen molar-refractivity contribution in [3.05, 3.63) is 0 Å². The Balaban J connectivity index is 0. The van der Waals surface area contributed by atoms with Crippen LogP contribution in [0.3, 0.4) is 0 Å². The molecule has 4 N–H and O–H groups in total. The van der Waals surface area contributed by atoms with E-state index in [0.717, 1.165) is 0 Å². The summed E-state index contributed by atoms with van der Waals surface area (Å²) in [5, 5.41) is 2.59. The molecule has 0 aromatic heterocycles. The van der Waals surface area contributed by atoms with Crippen LogP contribution in [0.25, 0.3) is 0 Å². The largest absolute Gasteiger partial charge is 0.444 e. The molecule has 0 bridgehead atoms. The Hall–Kier alpha value is -0.520. The summed E-state index contributed by atoms with van der Waals surface area (Å²) < 4.78 is 5.01. The van der Waals surface area contributed by atoms with Crippen LogP contribution >= 0.6 is 12.4 Å². The van der Waals surface area contributed by atoms with E-state index >= 15 is 0 Å². The Morgan fingerprint density at radius 2 is 2.00 bits per heavy atom. The van der Waals surface area contributed by atoms with E-state index in [4.69, 9.17) is 10.6 Å². The fraction of sp³-hybridized carbons (Fsp3) is 0.875. The molecule has 0 aromatic rings. The zero-order valence-corrected chi connectivity index (χ0v) is 9.90. The van der Waals surface area contributed by atoms with E-state index in [0.29, 0.717) is 6.54 Å². The van der Waals surface area contributed by atoms with Crippen LogP contribution in [0.2, 0.25) is 0 Å². The van der Waals surface area contributed by atoms with Crippen molar-refractivity contribution in [2.24, 2.45) is 5.84 Å². The van der Waals surface area contributed by atoms with Crippen LogP contribution in [-0.4, -0.2) is 24.3 Å². The number of rotatable bonds is 3. The van der Waals surface area contributed by atoms with Gasteiger partial charge in [0.25, 0.3) is 0 Å². The van der Waals surface area contributed by atoms with Gasteiger partial charge in [-0.3, -0.25) is 11.3 Å². The smallest absolute Gasteiger partial charge is 0.407 e. The SMILES string of the molecule is CC(CNC(=O)OC(C)(C)C)NN.Cl. The Morgan fingerprint density at radius 1 is 1.50 bits per heavy atom. The number of hydrogen-bond donors (Lipinski definition) is 3. The van der Waals surface area contributed by atoms with Crippen molar-refractivity contribution in [1.82, 2.24) is 10.7 Å². The van der Waals surface area contributed by atoms with Crippen molar-refractivity contribution in [3.63, 3.8) is 0 Å². The van der Waals surface area contributed by atoms with Gasteiger partial charge in [0.1, 0.15) is 5.60 Å². The third kappa shape index (κ3) is 9.57. The summed E-state index contributed by atoms with van der Waals surface area (Å²) in [6.07, 6.45) is -0.422. The van der Waals surface area contributed by atoms with E-state index in [1.165, 1.54) is 0 Å². The van der Waals surface area contributed by atoms with Gasteiger partial charge in [0, 0.05) is 12.6 Å². The van der Waals surface area contributed by atoms with Gasteiger partial charge < -0.3 is 10.1 Å². The first kappa shape index (κ1) is 15.9. The third-order valence-electron chi connectivity index (χ3n) is 1.24. The Bertz CT molecular complexity index is 170. The van der Waals surface area contributed by atoms with Crippen molar-refractivity contribution < 1.29 is 9.53 Å². The molecule has 1 unspecified atom stereocenters. The van der Waals surface area contributed by atoms with Gasteiger partial charge in [0.2, 0.25) is 0 Å². The quantitative estimate of drug-likeness (QED) is 0.490. The summed E-state index contributed by atoms with van der Waals surface area (Å²) in [4.78, 5) is 11.1. The fourth-order valence-electron chi connectivity index (χ4n) is 0.610. The fourth-order valence-corrected chi connectivity index (χ4v) is 0.610. The molecule has 5 nitrogen and oxygen atoms in total. The van der Waals surface area contributed by atoms with Gasteiger partial charge in [0.15, 0.2) is 0 Å². The summed E-state index contributed by atoms with van der Waals surface area (Å²) in [5.74, 6) is 5.14. The highest BCUT2D eigenvalue weighted by molar-refractivity contribution is 5.85. The molecular formula is C8H20ClN3O2. The Kier molecular flexibility index (Phi) is 7.81. The van der Waals surface area contributed by atoms with Gasteiger partial charge >= 0.3 is 6.09 Å². The molecular weight excluding hydrogens is 206 g/mol. The maximum Gasteiger partial charge on any atom is 0.407 e. The normalized spacial score (nSPS) is 12.6. The van der Waals surface area contributed by atoms with Gasteiger partial charge in [-0.1, -0.05) is 0 Å². The molecule has 0 aromatic carbocycles. The predicted molar refractivity (Wildman–Crippen MR) is 58.3 cm³/mol. The summed E-state index contributed by atoms with van der Waals surface area (Å²) in [6.45, 7) is 7.76. The van der Waals surface area contributed by atoms with E-state index in [9.17, 15) is 4.79 Å². The minimum Gasteiger partial charge on any atom is -0.444 e. The standard InChI is InChI=1S/C8H19N3O2.ClH/c1-6(11-9)5-10-7(12)13-8(2,3)4;/h6,11H,5,9H2,1-4H3,(H,10,12);1H. The zero-order valence-electron chi connectivity index (χ0n) is 9.09. The summed E-state index contributed by atoms with van der Waals surface area (Å²) in [6, 6.07) is 0.0347. The topological polar surface area (TPSA) is 76.4 Å². The number of nitrogens with one attached hydrogen (secondary N) is 2. The average Bonchev–Trinajstić information content (AvgIpc) is 1.97. The maximum absolute atomic E-state index is 11.1. The van der Waals surface area contributed by atoms with E-state index < -0.39 is 11.7 Å². The number of carbonyl (C=O) groups excluding carboxylic acids is 1. The molecule has 0 heterocycles. The second kappa shape index (κ2) is 6.86. The van der Waals surface area contributed by atoms with Crippen molar-refractivity contribution in [3.8, 4) is 0 Å². The first-order valence-electron chi connectivity index (χ1n) is 4.28. The first-order chi connectivity index (χ1) is 5.85. The highest BCUT2D eigenvalue weighted by atomic mass is 35.5. The van der Waals surface area contributed by atoms with E-state index in [1.54, 1.807) is 0 Å².